The van der Waals surface area contributed by atoms with Gasteiger partial charge in [-0.05, 0) is 99.8 Å². The Kier molecular flexibility index (Phi) is 7.18. The maximum Gasteiger partial charge on any atom is 0.143 e. The average Bonchev–Trinajstić information content (AvgIpc) is 4.02. The molecule has 0 atom stereocenters. The lowest BCUT2D eigenvalue weighted by Crippen LogP contribution is -2.10. The molecule has 0 spiro atoms. The summed E-state index contributed by atoms with van der Waals surface area (Å²) in [6, 6.07) is 71.9. The van der Waals surface area contributed by atoms with Gasteiger partial charge in [-0.3, -0.25) is 0 Å². The van der Waals surface area contributed by atoms with Crippen LogP contribution in [0.3, 0.4) is 0 Å². The minimum Gasteiger partial charge on any atom is -0.455 e. The molecule has 280 valence electrons. The number of fused-ring (bicyclic) bond motifs is 13. The smallest absolute Gasteiger partial charge is 0.143 e. The number of rotatable bonds is 5. The van der Waals surface area contributed by atoms with E-state index in [-0.39, 0.29) is 0 Å². The quantitative estimate of drug-likeness (QED) is 0.174. The Balaban J connectivity index is 0.989. The molecule has 0 aliphatic heterocycles. The zero-order chi connectivity index (χ0) is 39.3. The summed E-state index contributed by atoms with van der Waals surface area (Å²) in [4.78, 5) is 2.38. The summed E-state index contributed by atoms with van der Waals surface area (Å²) in [6.45, 7) is 0. The minimum absolute atomic E-state index is 0.860. The summed E-state index contributed by atoms with van der Waals surface area (Å²) in [7, 11) is 0. The van der Waals surface area contributed by atoms with Crippen molar-refractivity contribution >= 4 is 114 Å². The summed E-state index contributed by atoms with van der Waals surface area (Å²) < 4.78 is 15.9. The second-order valence-electron chi connectivity index (χ2n) is 15.6. The molecule has 60 heavy (non-hydrogen) atoms. The molecule has 3 aromatic heterocycles. The third-order valence-electron chi connectivity index (χ3n) is 12.3. The lowest BCUT2D eigenvalue weighted by Gasteiger charge is -2.26. The van der Waals surface area contributed by atoms with E-state index in [0.717, 1.165) is 88.2 Å². The molecule has 4 heteroatoms. The molecule has 0 saturated carbocycles. The lowest BCUT2D eigenvalue weighted by molar-refractivity contribution is 0.672. The van der Waals surface area contributed by atoms with Crippen molar-refractivity contribution in [1.82, 2.24) is 0 Å². The maximum absolute atomic E-state index is 6.71. The van der Waals surface area contributed by atoms with E-state index >= 15 is 0 Å². The molecule has 3 heterocycles. The van der Waals surface area contributed by atoms with Crippen LogP contribution in [0, 0.1) is 0 Å². The van der Waals surface area contributed by atoms with Gasteiger partial charge >= 0.3 is 0 Å². The summed E-state index contributed by atoms with van der Waals surface area (Å²) in [5, 5.41) is 11.6. The van der Waals surface area contributed by atoms with E-state index < -0.39 is 0 Å². The molecule has 13 rings (SSSR count). The predicted molar refractivity (Wildman–Crippen MR) is 254 cm³/mol. The van der Waals surface area contributed by atoms with Crippen LogP contribution in [0.15, 0.2) is 209 Å². The number of nitrogens with zero attached hydrogens (tertiary/aromatic N) is 1. The van der Waals surface area contributed by atoms with Gasteiger partial charge in [-0.1, -0.05) is 133 Å². The molecule has 0 amide bonds. The first-order chi connectivity index (χ1) is 29.7. The first kappa shape index (κ1) is 33.3. The lowest BCUT2D eigenvalue weighted by atomic mass is 9.97. The molecule has 10 aromatic carbocycles. The molecular formula is C56H33NO2S. The molecule has 0 N–H and O–H groups in total. The average molecular weight is 784 g/mol. The van der Waals surface area contributed by atoms with Crippen LogP contribution in [0.25, 0.3) is 108 Å². The van der Waals surface area contributed by atoms with E-state index in [1.807, 2.05) is 11.3 Å². The fraction of sp³-hybridized carbons (Fsp3) is 0. The summed E-state index contributed by atoms with van der Waals surface area (Å²) in [5.74, 6) is 0. The van der Waals surface area contributed by atoms with Crippen LogP contribution in [0.5, 0.6) is 0 Å². The number of furan rings is 2. The van der Waals surface area contributed by atoms with E-state index in [0.29, 0.717) is 0 Å². The van der Waals surface area contributed by atoms with Crippen LogP contribution < -0.4 is 4.90 Å². The number of thiophene rings is 1. The molecule has 0 aliphatic rings. The highest BCUT2D eigenvalue weighted by Crippen LogP contribution is 2.47. The van der Waals surface area contributed by atoms with Gasteiger partial charge in [-0.15, -0.1) is 11.3 Å². The molecule has 3 nitrogen and oxygen atoms in total. The van der Waals surface area contributed by atoms with Crippen LogP contribution in [-0.4, -0.2) is 0 Å². The molecule has 0 bridgehead atoms. The number of hydrogen-bond donors (Lipinski definition) is 0. The Morgan fingerprint density at radius 1 is 0.333 bits per heavy atom. The Morgan fingerprint density at radius 3 is 1.48 bits per heavy atom. The van der Waals surface area contributed by atoms with Crippen molar-refractivity contribution in [1.29, 1.82) is 0 Å². The van der Waals surface area contributed by atoms with Crippen LogP contribution >= 0.6 is 11.3 Å². The van der Waals surface area contributed by atoms with Gasteiger partial charge < -0.3 is 13.7 Å². The van der Waals surface area contributed by atoms with Crippen molar-refractivity contribution < 1.29 is 8.83 Å². The number of benzene rings is 10. The monoisotopic (exact) mass is 783 g/mol. The Morgan fingerprint density at radius 2 is 0.833 bits per heavy atom. The van der Waals surface area contributed by atoms with Crippen LogP contribution in [0.2, 0.25) is 0 Å². The van der Waals surface area contributed by atoms with Gasteiger partial charge in [-0.2, -0.15) is 0 Å². The predicted octanol–water partition coefficient (Wildman–Crippen LogP) is 17.0. The standard InChI is InChI=1S/C56H33NO2S/c1-3-12-42-34(10-1)26-32-45-52-40(15-7-18-48(52)58-55(42)45)36-22-28-38(29-23-36)57(47-17-9-19-49-54(47)46-33-27-35-11-2-4-13-43(35)56(46)59-49)39-30-24-37(25-31-39)41-16-8-21-51-53(41)44-14-5-6-20-50(44)60-51/h1-33H. The number of anilines is 3. The topological polar surface area (TPSA) is 29.5 Å². The van der Waals surface area contributed by atoms with Crippen LogP contribution in [0.4, 0.5) is 17.1 Å². The van der Waals surface area contributed by atoms with Crippen molar-refractivity contribution in [3.8, 4) is 22.3 Å². The largest absolute Gasteiger partial charge is 0.455 e. The van der Waals surface area contributed by atoms with Gasteiger partial charge in [0.1, 0.15) is 22.3 Å². The third kappa shape index (κ3) is 4.95. The first-order valence-electron chi connectivity index (χ1n) is 20.3. The fourth-order valence-corrected chi connectivity index (χ4v) is 10.7. The normalized spacial score (nSPS) is 12.0. The summed E-state index contributed by atoms with van der Waals surface area (Å²) >= 11 is 1.86. The molecule has 0 saturated heterocycles. The summed E-state index contributed by atoms with van der Waals surface area (Å²) in [6.07, 6.45) is 0. The van der Waals surface area contributed by atoms with Crippen LogP contribution in [0.1, 0.15) is 0 Å². The third-order valence-corrected chi connectivity index (χ3v) is 13.4. The van der Waals surface area contributed by atoms with Gasteiger partial charge in [0, 0.05) is 58.5 Å². The molecular weight excluding hydrogens is 751 g/mol. The van der Waals surface area contributed by atoms with Gasteiger partial charge in [0.15, 0.2) is 0 Å². The second kappa shape index (κ2) is 12.9. The van der Waals surface area contributed by atoms with Crippen molar-refractivity contribution in [3.05, 3.63) is 200 Å². The molecule has 0 unspecified atom stereocenters. The van der Waals surface area contributed by atoms with Gasteiger partial charge in [0.2, 0.25) is 0 Å². The molecule has 0 fully saturated rings. The van der Waals surface area contributed by atoms with E-state index in [9.17, 15) is 0 Å². The van der Waals surface area contributed by atoms with Crippen LogP contribution in [-0.2, 0) is 0 Å². The molecule has 13 aromatic rings. The SMILES string of the molecule is c1ccc2c(c1)ccc1c2oc2cccc(-c3ccc(N(c4ccc(-c5cccc6sc7ccccc7c56)cc4)c4cccc5oc6c7ccccc7ccc6c45)cc3)c21. The first-order valence-corrected chi connectivity index (χ1v) is 21.1. The van der Waals surface area contributed by atoms with Crippen molar-refractivity contribution in [3.63, 3.8) is 0 Å². The fourth-order valence-electron chi connectivity index (χ4n) is 9.54. The Bertz CT molecular complexity index is 3830. The van der Waals surface area contributed by atoms with Crippen molar-refractivity contribution in [2.24, 2.45) is 0 Å². The van der Waals surface area contributed by atoms with Gasteiger partial charge in [-0.25, -0.2) is 0 Å². The number of hydrogen-bond acceptors (Lipinski definition) is 4. The second-order valence-corrected chi connectivity index (χ2v) is 16.6. The van der Waals surface area contributed by atoms with Gasteiger partial charge in [0.05, 0.1) is 11.1 Å². The van der Waals surface area contributed by atoms with E-state index in [1.54, 1.807) is 0 Å². The maximum atomic E-state index is 6.71. The molecule has 0 aliphatic carbocycles. The Labute approximate surface area is 348 Å². The van der Waals surface area contributed by atoms with E-state index in [4.69, 9.17) is 8.83 Å². The van der Waals surface area contributed by atoms with E-state index in [1.165, 1.54) is 36.7 Å². The van der Waals surface area contributed by atoms with Crippen molar-refractivity contribution in [2.45, 2.75) is 0 Å². The summed E-state index contributed by atoms with van der Waals surface area (Å²) in [5.41, 5.74) is 11.5. The highest BCUT2D eigenvalue weighted by Gasteiger charge is 2.22. The van der Waals surface area contributed by atoms with Crippen molar-refractivity contribution in [2.75, 3.05) is 4.90 Å². The zero-order valence-electron chi connectivity index (χ0n) is 32.2. The minimum atomic E-state index is 0.860. The van der Waals surface area contributed by atoms with Gasteiger partial charge in [0.25, 0.3) is 0 Å². The highest BCUT2D eigenvalue weighted by molar-refractivity contribution is 7.25. The Hall–Kier alpha value is -7.66. The van der Waals surface area contributed by atoms with E-state index in [2.05, 4.69) is 205 Å². The molecule has 0 radical (unpaired) electrons. The highest BCUT2D eigenvalue weighted by atomic mass is 32.1. The zero-order valence-corrected chi connectivity index (χ0v) is 33.0.